The molecule has 1 aliphatic rings. The minimum Gasteiger partial charge on any atom is -0.494 e. The lowest BCUT2D eigenvalue weighted by atomic mass is 9.88. The molecule has 2 atom stereocenters. The molecule has 0 spiro atoms. The van der Waals surface area contributed by atoms with E-state index in [1.165, 1.54) is 12.1 Å². The van der Waals surface area contributed by atoms with Crippen LogP contribution in [0.4, 0.5) is 14.5 Å². The monoisotopic (exact) mass is 360 g/mol. The molecule has 0 saturated carbocycles. The van der Waals surface area contributed by atoms with Crippen LogP contribution in [-0.4, -0.2) is 25.0 Å². The summed E-state index contributed by atoms with van der Waals surface area (Å²) in [5, 5.41) is 4.97. The summed E-state index contributed by atoms with van der Waals surface area (Å²) in [4.78, 5) is 24.7. The maximum Gasteiger partial charge on any atom is 0.237 e. The van der Waals surface area contributed by atoms with Crippen LogP contribution in [0.1, 0.15) is 18.4 Å². The zero-order valence-electron chi connectivity index (χ0n) is 14.1. The molecule has 0 bridgehead atoms. The molecule has 0 aromatic heterocycles. The van der Waals surface area contributed by atoms with Gasteiger partial charge in [0.15, 0.2) is 11.6 Å². The summed E-state index contributed by atoms with van der Waals surface area (Å²) in [6.45, 7) is 2.70. The number of amides is 2. The van der Waals surface area contributed by atoms with E-state index < -0.39 is 35.3 Å². The fourth-order valence-electron chi connectivity index (χ4n) is 3.02. The van der Waals surface area contributed by atoms with Crippen LogP contribution in [0, 0.1) is 17.6 Å². The van der Waals surface area contributed by atoms with Gasteiger partial charge in [-0.3, -0.25) is 9.59 Å². The Morgan fingerprint density at radius 2 is 1.96 bits per heavy atom. The summed E-state index contributed by atoms with van der Waals surface area (Å²) in [5.74, 6) is -4.10. The van der Waals surface area contributed by atoms with E-state index in [2.05, 4.69) is 10.6 Å². The molecular formula is C19H18F2N2O3. The number of hydrogen-bond acceptors (Lipinski definition) is 3. The summed E-state index contributed by atoms with van der Waals surface area (Å²) in [7, 11) is 0. The number of hydrogen-bond donors (Lipinski definition) is 2. The van der Waals surface area contributed by atoms with Gasteiger partial charge in [0.25, 0.3) is 0 Å². The fourth-order valence-corrected chi connectivity index (χ4v) is 3.02. The molecule has 2 amide bonds. The van der Waals surface area contributed by atoms with Crippen molar-refractivity contribution in [1.29, 1.82) is 0 Å². The highest BCUT2D eigenvalue weighted by Crippen LogP contribution is 2.31. The molecular weight excluding hydrogens is 342 g/mol. The lowest BCUT2D eigenvalue weighted by molar-refractivity contribution is -0.130. The van der Waals surface area contributed by atoms with Gasteiger partial charge in [-0.1, -0.05) is 18.2 Å². The Morgan fingerprint density at radius 1 is 1.23 bits per heavy atom. The van der Waals surface area contributed by atoms with Crippen molar-refractivity contribution in [2.75, 3.05) is 18.5 Å². The standard InChI is InChI=1S/C19H18F2N2O3/c1-2-26-12-8-6-11(7-9-12)13-10-22-18(24)16(13)19(25)23-15-5-3-4-14(20)17(15)21/h3-9,13,16H,2,10H2,1H3,(H,22,24)(H,23,25)/t13-,16-/m1/s1. The molecule has 0 unspecified atom stereocenters. The number of anilines is 1. The third-order valence-electron chi connectivity index (χ3n) is 4.29. The number of rotatable bonds is 5. The first-order valence-corrected chi connectivity index (χ1v) is 8.26. The lowest BCUT2D eigenvalue weighted by Gasteiger charge is -2.17. The fraction of sp³-hybridized carbons (Fsp3) is 0.263. The normalized spacial score (nSPS) is 19.1. The van der Waals surface area contributed by atoms with Crippen LogP contribution in [0.15, 0.2) is 42.5 Å². The molecule has 0 radical (unpaired) electrons. The van der Waals surface area contributed by atoms with Gasteiger partial charge in [0.2, 0.25) is 11.8 Å². The van der Waals surface area contributed by atoms with E-state index in [0.29, 0.717) is 12.4 Å². The molecule has 2 aromatic carbocycles. The van der Waals surface area contributed by atoms with E-state index >= 15 is 0 Å². The molecule has 136 valence electrons. The number of nitrogens with one attached hydrogen (secondary N) is 2. The summed E-state index contributed by atoms with van der Waals surface area (Å²) in [5.41, 5.74) is 0.492. The third-order valence-corrected chi connectivity index (χ3v) is 4.29. The van der Waals surface area contributed by atoms with E-state index in [1.54, 1.807) is 24.3 Å². The number of carbonyl (C=O) groups is 2. The Balaban J connectivity index is 1.81. The quantitative estimate of drug-likeness (QED) is 0.806. The van der Waals surface area contributed by atoms with Gasteiger partial charge in [-0.2, -0.15) is 0 Å². The Kier molecular flexibility index (Phi) is 5.16. The Labute approximate surface area is 149 Å². The van der Waals surface area contributed by atoms with Crippen LogP contribution in [0.2, 0.25) is 0 Å². The van der Waals surface area contributed by atoms with Crippen LogP contribution in [0.25, 0.3) is 0 Å². The highest BCUT2D eigenvalue weighted by atomic mass is 19.2. The van der Waals surface area contributed by atoms with Crippen LogP contribution in [0.5, 0.6) is 5.75 Å². The van der Waals surface area contributed by atoms with Gasteiger partial charge in [0.05, 0.1) is 12.3 Å². The van der Waals surface area contributed by atoms with E-state index in [9.17, 15) is 18.4 Å². The smallest absolute Gasteiger partial charge is 0.237 e. The van der Waals surface area contributed by atoms with Crippen molar-refractivity contribution >= 4 is 17.5 Å². The third kappa shape index (κ3) is 3.51. The van der Waals surface area contributed by atoms with Gasteiger partial charge in [-0.05, 0) is 36.8 Å². The van der Waals surface area contributed by atoms with Gasteiger partial charge in [0.1, 0.15) is 11.7 Å². The Bertz CT molecular complexity index is 824. The van der Waals surface area contributed by atoms with Gasteiger partial charge in [-0.15, -0.1) is 0 Å². The first kappa shape index (κ1) is 17.8. The van der Waals surface area contributed by atoms with Crippen molar-refractivity contribution in [2.45, 2.75) is 12.8 Å². The van der Waals surface area contributed by atoms with E-state index in [0.717, 1.165) is 11.6 Å². The minimum absolute atomic E-state index is 0.288. The average Bonchev–Trinajstić information content (AvgIpc) is 3.01. The summed E-state index contributed by atoms with van der Waals surface area (Å²) >= 11 is 0. The Morgan fingerprint density at radius 3 is 2.65 bits per heavy atom. The first-order valence-electron chi connectivity index (χ1n) is 8.26. The van der Waals surface area contributed by atoms with Crippen molar-refractivity contribution in [1.82, 2.24) is 5.32 Å². The van der Waals surface area contributed by atoms with Crippen LogP contribution < -0.4 is 15.4 Å². The van der Waals surface area contributed by atoms with Crippen LogP contribution in [-0.2, 0) is 9.59 Å². The SMILES string of the molecule is CCOc1ccc([C@H]2CNC(=O)[C@@H]2C(=O)Nc2cccc(F)c2F)cc1. The predicted octanol–water partition coefficient (Wildman–Crippen LogP) is 2.83. The molecule has 1 heterocycles. The average molecular weight is 360 g/mol. The maximum absolute atomic E-state index is 13.8. The second-order valence-corrected chi connectivity index (χ2v) is 5.92. The van der Waals surface area contributed by atoms with Crippen LogP contribution >= 0.6 is 0 Å². The molecule has 2 aromatic rings. The summed E-state index contributed by atoms with van der Waals surface area (Å²) in [6.07, 6.45) is 0. The lowest BCUT2D eigenvalue weighted by Crippen LogP contribution is -2.32. The maximum atomic E-state index is 13.8. The van der Waals surface area contributed by atoms with Crippen molar-refractivity contribution in [3.63, 3.8) is 0 Å². The van der Waals surface area contributed by atoms with Crippen LogP contribution in [0.3, 0.4) is 0 Å². The first-order chi connectivity index (χ1) is 12.5. The zero-order chi connectivity index (χ0) is 18.7. The molecule has 3 rings (SSSR count). The van der Waals surface area contributed by atoms with Crippen molar-refractivity contribution in [3.05, 3.63) is 59.7 Å². The largest absolute Gasteiger partial charge is 0.494 e. The van der Waals surface area contributed by atoms with Crippen molar-refractivity contribution in [3.8, 4) is 5.75 Å². The van der Waals surface area contributed by atoms with Crippen molar-refractivity contribution < 1.29 is 23.1 Å². The molecule has 7 heteroatoms. The second-order valence-electron chi connectivity index (χ2n) is 5.92. The molecule has 5 nitrogen and oxygen atoms in total. The number of benzene rings is 2. The molecule has 1 fully saturated rings. The molecule has 2 N–H and O–H groups in total. The molecule has 1 saturated heterocycles. The van der Waals surface area contributed by atoms with Gasteiger partial charge < -0.3 is 15.4 Å². The summed E-state index contributed by atoms with van der Waals surface area (Å²) in [6, 6.07) is 10.6. The number of carbonyl (C=O) groups excluding carboxylic acids is 2. The highest BCUT2D eigenvalue weighted by molar-refractivity contribution is 6.08. The van der Waals surface area contributed by atoms with E-state index in [1.807, 2.05) is 6.92 Å². The van der Waals surface area contributed by atoms with Crippen molar-refractivity contribution in [2.24, 2.45) is 5.92 Å². The summed E-state index contributed by atoms with van der Waals surface area (Å²) < 4.78 is 32.5. The van der Waals surface area contributed by atoms with Gasteiger partial charge in [-0.25, -0.2) is 8.78 Å². The highest BCUT2D eigenvalue weighted by Gasteiger charge is 2.41. The minimum atomic E-state index is -1.16. The topological polar surface area (TPSA) is 67.4 Å². The molecule has 1 aliphatic heterocycles. The van der Waals surface area contributed by atoms with E-state index in [4.69, 9.17) is 4.74 Å². The van der Waals surface area contributed by atoms with E-state index in [-0.39, 0.29) is 12.2 Å². The van der Waals surface area contributed by atoms with Gasteiger partial charge >= 0.3 is 0 Å². The Hall–Kier alpha value is -2.96. The zero-order valence-corrected chi connectivity index (χ0v) is 14.1. The van der Waals surface area contributed by atoms with Gasteiger partial charge in [0, 0.05) is 12.5 Å². The predicted molar refractivity (Wildman–Crippen MR) is 91.8 cm³/mol. The number of halogens is 2. The molecule has 26 heavy (non-hydrogen) atoms. The molecule has 0 aliphatic carbocycles. The number of ether oxygens (including phenoxy) is 1. The second kappa shape index (κ2) is 7.51.